The molecule has 3 heterocycles. The fourth-order valence-corrected chi connectivity index (χ4v) is 2.76. The number of nitrogens with two attached hydrogens (primary N) is 1. The normalized spacial score (nSPS) is 36.8. The summed E-state index contributed by atoms with van der Waals surface area (Å²) in [6, 6.07) is 2.85. The third-order valence-electron chi connectivity index (χ3n) is 4.27. The van der Waals surface area contributed by atoms with E-state index in [0.717, 1.165) is 6.07 Å². The highest BCUT2D eigenvalue weighted by molar-refractivity contribution is 5.91. The number of aromatic nitrogens is 2. The zero-order chi connectivity index (χ0) is 39.6. The van der Waals surface area contributed by atoms with Crippen LogP contribution in [0.1, 0.15) is 26.0 Å². The van der Waals surface area contributed by atoms with E-state index in [1.54, 1.807) is 0 Å². The highest BCUT2D eigenvalue weighted by atomic mass is 16.6. The van der Waals surface area contributed by atoms with Gasteiger partial charge in [-0.05, 0) is 18.2 Å². The Morgan fingerprint density at radius 3 is 2.67 bits per heavy atom. The average molecular weight is 471 g/mol. The quantitative estimate of drug-likeness (QED) is 0.609. The van der Waals surface area contributed by atoms with Gasteiger partial charge in [0.25, 0.3) is 5.91 Å². The average Bonchev–Trinajstić information content (AvgIpc) is 2.95. The summed E-state index contributed by atoms with van der Waals surface area (Å²) in [6.07, 6.45) is -3.71. The van der Waals surface area contributed by atoms with Crippen LogP contribution in [0.15, 0.2) is 36.4 Å². The summed E-state index contributed by atoms with van der Waals surface area (Å²) in [6.45, 7) is -19.7. The lowest BCUT2D eigenvalue weighted by Crippen LogP contribution is -2.54. The SMILES string of the molecule is [2H]c1c(OC([2H])([2H])[2H])c(OC([2H])([2H])[2H])c([2H])c2c(N)nc(N3C([2H])([2H])C([2H])([2H])N(C(=O)C4([2H])Oc5ccccc5OC4([2H])[2H])C([2H])([2H])C3([2H])[2H])nc12. The van der Waals surface area contributed by atoms with Gasteiger partial charge in [0, 0.05) is 37.4 Å². The summed E-state index contributed by atoms with van der Waals surface area (Å²) in [5.74, 6) is -7.57. The summed E-state index contributed by atoms with van der Waals surface area (Å²) in [5, 5.41) is -0.722. The number of nitrogen functional groups attached to an aromatic ring is 1. The van der Waals surface area contributed by atoms with Crippen molar-refractivity contribution >= 4 is 28.6 Å². The van der Waals surface area contributed by atoms with Crippen molar-refractivity contribution in [2.45, 2.75) is 6.08 Å². The minimum atomic E-state index is -4.09. The summed E-state index contributed by atoms with van der Waals surface area (Å²) >= 11 is 0. The molecule has 33 heavy (non-hydrogen) atoms. The molecule has 1 aromatic heterocycles. The van der Waals surface area contributed by atoms with Crippen molar-refractivity contribution in [1.29, 1.82) is 0 Å². The Bertz CT molecular complexity index is 1950. The Kier molecular flexibility index (Phi) is 2.18. The van der Waals surface area contributed by atoms with Gasteiger partial charge in [-0.25, -0.2) is 4.98 Å². The molecule has 172 valence electrons. The number of rotatable bonds is 4. The van der Waals surface area contributed by atoms with Crippen LogP contribution < -0.4 is 29.6 Å². The van der Waals surface area contributed by atoms with Gasteiger partial charge < -0.3 is 34.5 Å². The number of ether oxygens (including phenoxy) is 4. The summed E-state index contributed by atoms with van der Waals surface area (Å²) in [4.78, 5) is 20.5. The van der Waals surface area contributed by atoms with Crippen molar-refractivity contribution in [1.82, 2.24) is 14.9 Å². The molecule has 0 radical (unpaired) electrons. The lowest BCUT2D eigenvalue weighted by molar-refractivity contribution is -0.141. The summed E-state index contributed by atoms with van der Waals surface area (Å²) < 4.78 is 176. The first kappa shape index (κ1) is 8.44. The monoisotopic (exact) mass is 470 g/mol. The first-order chi connectivity index (χ1) is 23.3. The molecule has 0 spiro atoms. The molecular formula is C23H25N5O5. The van der Waals surface area contributed by atoms with E-state index in [-0.39, 0.29) is 10.6 Å². The van der Waals surface area contributed by atoms with E-state index in [0.29, 0.717) is 0 Å². The molecule has 2 N–H and O–H groups in total. The van der Waals surface area contributed by atoms with Gasteiger partial charge in [-0.1, -0.05) is 12.1 Å². The number of amides is 1. The van der Waals surface area contributed by atoms with Crippen molar-refractivity contribution in [3.8, 4) is 23.0 Å². The third-order valence-corrected chi connectivity index (χ3v) is 4.27. The van der Waals surface area contributed by atoms with E-state index in [1.807, 2.05) is 0 Å². The smallest absolute Gasteiger partial charge is 0.267 e. The van der Waals surface area contributed by atoms with Crippen molar-refractivity contribution in [2.75, 3.05) is 57.3 Å². The third kappa shape index (κ3) is 3.88. The van der Waals surface area contributed by atoms with Crippen LogP contribution in [0.25, 0.3) is 10.9 Å². The molecule has 1 atom stereocenters. The van der Waals surface area contributed by atoms with Gasteiger partial charge in [0.15, 0.2) is 23.0 Å². The molecule has 3 aromatic rings. The Labute approximate surface area is 217 Å². The predicted molar refractivity (Wildman–Crippen MR) is 122 cm³/mol. The molecular weight excluding hydrogens is 426 g/mol. The number of anilines is 2. The molecule has 1 unspecified atom stereocenters. The number of hydrogen-bond donors (Lipinski definition) is 1. The van der Waals surface area contributed by atoms with Crippen molar-refractivity contribution in [2.24, 2.45) is 0 Å². The topological polar surface area (TPSA) is 112 Å². The van der Waals surface area contributed by atoms with Gasteiger partial charge in [-0.2, -0.15) is 4.98 Å². The molecule has 2 aliphatic heterocycles. The van der Waals surface area contributed by atoms with Gasteiger partial charge >= 0.3 is 0 Å². The number of hydrogen-bond acceptors (Lipinski definition) is 9. The first-order valence-electron chi connectivity index (χ1n) is 18.4. The first-order valence-corrected chi connectivity index (χ1v) is 8.94. The molecule has 10 heteroatoms. The van der Waals surface area contributed by atoms with Crippen molar-refractivity contribution < 1.29 is 49.8 Å². The lowest BCUT2D eigenvalue weighted by atomic mass is 10.2. The fourth-order valence-electron chi connectivity index (χ4n) is 2.76. The van der Waals surface area contributed by atoms with E-state index in [1.165, 1.54) is 18.2 Å². The maximum atomic E-state index is 14.0. The zero-order valence-corrected chi connectivity index (χ0v) is 16.2. The van der Waals surface area contributed by atoms with Crippen LogP contribution in [0.3, 0.4) is 0 Å². The van der Waals surface area contributed by atoms with Crippen LogP contribution in [0.2, 0.25) is 0 Å². The summed E-state index contributed by atoms with van der Waals surface area (Å²) in [5.41, 5.74) is 5.08. The summed E-state index contributed by atoms with van der Waals surface area (Å²) in [7, 11) is -6.73. The number of methoxy groups -OCH3 is 2. The fraction of sp³-hybridized carbons (Fsp3) is 0.348. The van der Waals surface area contributed by atoms with Gasteiger partial charge in [0.1, 0.15) is 12.4 Å². The van der Waals surface area contributed by atoms with E-state index < -0.39 is 116 Å². The van der Waals surface area contributed by atoms with Crippen LogP contribution in [0.4, 0.5) is 11.8 Å². The Hall–Kier alpha value is -3.95. The van der Waals surface area contributed by atoms with E-state index in [9.17, 15) is 4.79 Å². The number of carbonyl (C=O) groups is 1. The minimum Gasteiger partial charge on any atom is -0.493 e. The molecule has 1 fully saturated rings. The second kappa shape index (κ2) is 8.53. The number of fused-ring (bicyclic) bond motifs is 2. The second-order valence-electron chi connectivity index (χ2n) is 6.25. The Morgan fingerprint density at radius 1 is 1.18 bits per heavy atom. The van der Waals surface area contributed by atoms with Crippen molar-refractivity contribution in [3.05, 3.63) is 36.4 Å². The maximum Gasteiger partial charge on any atom is 0.267 e. The van der Waals surface area contributed by atoms with Gasteiger partial charge in [0.05, 0.1) is 45.6 Å². The minimum absolute atomic E-state index is 0.301. The number of para-hydroxylation sites is 2. The van der Waals surface area contributed by atoms with Gasteiger partial charge in [-0.15, -0.1) is 0 Å². The van der Waals surface area contributed by atoms with Gasteiger partial charge in [-0.3, -0.25) is 4.79 Å². The second-order valence-corrected chi connectivity index (χ2v) is 6.25. The van der Waals surface area contributed by atoms with Crippen LogP contribution in [0, 0.1) is 0 Å². The van der Waals surface area contributed by atoms with Crippen LogP contribution in [0.5, 0.6) is 23.0 Å². The van der Waals surface area contributed by atoms with E-state index >= 15 is 0 Å². The Morgan fingerprint density at radius 2 is 1.91 bits per heavy atom. The molecule has 0 bridgehead atoms. The molecule has 0 saturated carbocycles. The van der Waals surface area contributed by atoms with Gasteiger partial charge in [0.2, 0.25) is 12.0 Å². The molecule has 2 aliphatic rings. The van der Waals surface area contributed by atoms with E-state index in [4.69, 9.17) is 50.7 Å². The zero-order valence-electron chi connectivity index (χ0n) is 35.2. The molecule has 5 rings (SSSR count). The highest BCUT2D eigenvalue weighted by Crippen LogP contribution is 2.34. The number of piperazine rings is 1. The van der Waals surface area contributed by atoms with Crippen molar-refractivity contribution in [3.63, 3.8) is 0 Å². The molecule has 1 amide bonds. The predicted octanol–water partition coefficient (Wildman–Crippen LogP) is 1.72. The molecule has 0 aliphatic carbocycles. The number of benzene rings is 2. The van der Waals surface area contributed by atoms with Crippen LogP contribution in [-0.2, 0) is 4.79 Å². The largest absolute Gasteiger partial charge is 0.493 e. The van der Waals surface area contributed by atoms with Crippen LogP contribution >= 0.6 is 0 Å². The van der Waals surface area contributed by atoms with Crippen LogP contribution in [-0.4, -0.2) is 73.5 Å². The lowest BCUT2D eigenvalue weighted by Gasteiger charge is -2.37. The van der Waals surface area contributed by atoms with E-state index in [2.05, 4.69) is 9.97 Å². The molecule has 10 nitrogen and oxygen atoms in total. The number of carbonyl (C=O) groups excluding carboxylic acids is 1. The molecule has 1 saturated heterocycles. The maximum absolute atomic E-state index is 14.0. The highest BCUT2D eigenvalue weighted by Gasteiger charge is 2.33. The standard InChI is InChI=1S/C23H25N5O5/c1-30-18-11-14-15(12-19(18)31-2)25-23(26-21(14)24)28-9-7-27(8-10-28)22(29)20-13-32-16-5-3-4-6-17(16)33-20/h3-6,11-12,20H,7-10,13H2,1-2H3,(H2,24,25,26)/i1D3,2D3,7D2,8D2,9D2,10D2,11D,12D,13D2,20D. The number of nitrogens with zero attached hydrogens (tertiary/aromatic N) is 4. The Balaban J connectivity index is 1.72. The molecule has 2 aromatic carbocycles.